The standard InChI is InChI=1S/C18H29N7O.FH/c1-13(26)21-14-6-7-15(20-12-18(2,3)11-19)16(10-14)22-23-17-24(4)8-9-25(17)5;/h6-10,20,22H,11-12,19H2,1-5H3,(H,21,26);1H. The largest absolute Gasteiger partial charge is 1.00 e. The molecule has 1 aromatic heterocycles. The summed E-state index contributed by atoms with van der Waals surface area (Å²) in [6.07, 6.45) is 3.92. The fraction of sp³-hybridized carbons (Fsp3) is 0.444. The number of hydrogen-bond donors (Lipinski definition) is 5. The highest BCUT2D eigenvalue weighted by molar-refractivity contribution is 5.90. The van der Waals surface area contributed by atoms with E-state index in [0.29, 0.717) is 6.54 Å². The molecule has 0 fully saturated rings. The lowest BCUT2D eigenvalue weighted by Gasteiger charge is -2.24. The maximum absolute atomic E-state index is 11.4. The Morgan fingerprint density at radius 2 is 1.96 bits per heavy atom. The van der Waals surface area contributed by atoms with Crippen molar-refractivity contribution in [3.63, 3.8) is 0 Å². The molecule has 0 atom stereocenters. The first-order valence-corrected chi connectivity index (χ1v) is 8.60. The van der Waals surface area contributed by atoms with Gasteiger partial charge in [0.1, 0.15) is 0 Å². The van der Waals surface area contributed by atoms with Crippen LogP contribution in [0.1, 0.15) is 20.8 Å². The van der Waals surface area contributed by atoms with Crippen LogP contribution in [0.4, 0.5) is 23.0 Å². The smallest absolute Gasteiger partial charge is 0.378 e. The van der Waals surface area contributed by atoms with Crippen molar-refractivity contribution in [1.29, 1.82) is 0 Å². The Balaban J connectivity index is 0.00000364. The van der Waals surface area contributed by atoms with E-state index < -0.39 is 0 Å². The lowest BCUT2D eigenvalue weighted by Crippen LogP contribution is -3.00. The molecule has 0 radical (unpaired) electrons. The summed E-state index contributed by atoms with van der Waals surface area (Å²) in [7, 11) is 3.92. The van der Waals surface area contributed by atoms with E-state index in [4.69, 9.17) is 5.73 Å². The third-order valence-electron chi connectivity index (χ3n) is 4.14. The molecule has 8 nitrogen and oxygen atoms in total. The number of benzene rings is 1. The van der Waals surface area contributed by atoms with Gasteiger partial charge in [0.05, 0.1) is 37.9 Å². The van der Waals surface area contributed by atoms with E-state index in [9.17, 15) is 4.79 Å². The molecule has 27 heavy (non-hydrogen) atoms. The van der Waals surface area contributed by atoms with Crippen LogP contribution in [0.25, 0.3) is 0 Å². The number of nitrogens with zero attached hydrogens (tertiary/aromatic N) is 2. The monoisotopic (exact) mass is 379 g/mol. The minimum absolute atomic E-state index is 0. The van der Waals surface area contributed by atoms with E-state index >= 15 is 0 Å². The Bertz CT molecular complexity index is 754. The molecule has 150 valence electrons. The molecule has 6 N–H and O–H groups in total. The molecule has 0 bridgehead atoms. The van der Waals surface area contributed by atoms with E-state index in [1.54, 1.807) is 0 Å². The summed E-state index contributed by atoms with van der Waals surface area (Å²) in [5.74, 6) is 0.783. The van der Waals surface area contributed by atoms with Crippen LogP contribution in [-0.2, 0) is 18.9 Å². The predicted molar refractivity (Wildman–Crippen MR) is 106 cm³/mol. The van der Waals surface area contributed by atoms with Crippen LogP contribution in [0, 0.1) is 5.41 Å². The first kappa shape index (κ1) is 22.2. The van der Waals surface area contributed by atoms with Crippen molar-refractivity contribution in [2.45, 2.75) is 20.8 Å². The zero-order valence-electron chi connectivity index (χ0n) is 16.6. The number of aromatic nitrogens is 2. The number of rotatable bonds is 8. The number of nitrogens with two attached hydrogens (primary N) is 1. The van der Waals surface area contributed by atoms with E-state index in [1.807, 2.05) is 53.8 Å². The average molecular weight is 379 g/mol. The molecule has 1 aromatic carbocycles. The number of carbonyl (C=O) groups excluding carboxylic acids is 1. The van der Waals surface area contributed by atoms with Gasteiger partial charge in [0.2, 0.25) is 5.91 Å². The highest BCUT2D eigenvalue weighted by Crippen LogP contribution is 2.27. The quantitative estimate of drug-likeness (QED) is 0.288. The molecule has 2 aromatic rings. The minimum Gasteiger partial charge on any atom is -1.00 e. The summed E-state index contributed by atoms with van der Waals surface area (Å²) < 4.78 is 3.94. The highest BCUT2D eigenvalue weighted by atomic mass is 19.0. The SMILES string of the molecule is CC(=O)Nc1ccc(NCC(C)(C)CN)c(NNc2n(C)cc[n+]2C)c1.[F-]. The van der Waals surface area contributed by atoms with Crippen molar-refractivity contribution in [3.05, 3.63) is 30.6 Å². The topological polar surface area (TPSA) is 100 Å². The Hall–Kier alpha value is -2.81. The molecule has 1 amide bonds. The van der Waals surface area contributed by atoms with Gasteiger partial charge in [-0.05, 0) is 30.2 Å². The van der Waals surface area contributed by atoms with Crippen molar-refractivity contribution in [2.75, 3.05) is 34.6 Å². The van der Waals surface area contributed by atoms with Gasteiger partial charge in [-0.15, -0.1) is 0 Å². The van der Waals surface area contributed by atoms with Gasteiger partial charge in [-0.3, -0.25) is 4.79 Å². The third kappa shape index (κ3) is 6.14. The Labute approximate surface area is 159 Å². The maximum Gasteiger partial charge on any atom is 0.378 e. The number of halogens is 1. The fourth-order valence-corrected chi connectivity index (χ4v) is 2.38. The lowest BCUT2D eigenvalue weighted by molar-refractivity contribution is -0.656. The van der Waals surface area contributed by atoms with Crippen molar-refractivity contribution in [1.82, 2.24) is 4.57 Å². The van der Waals surface area contributed by atoms with Crippen LogP contribution in [-0.4, -0.2) is 23.6 Å². The number of hydrazine groups is 1. The zero-order chi connectivity index (χ0) is 19.3. The molecule has 0 aliphatic carbocycles. The van der Waals surface area contributed by atoms with Gasteiger partial charge in [-0.1, -0.05) is 13.8 Å². The number of hydrogen-bond acceptors (Lipinski definition) is 5. The van der Waals surface area contributed by atoms with Gasteiger partial charge in [-0.25, -0.2) is 14.6 Å². The Morgan fingerprint density at radius 3 is 2.52 bits per heavy atom. The maximum atomic E-state index is 11.4. The van der Waals surface area contributed by atoms with Gasteiger partial charge >= 0.3 is 5.95 Å². The molecule has 9 heteroatoms. The lowest BCUT2D eigenvalue weighted by atomic mass is 9.94. The van der Waals surface area contributed by atoms with Crippen LogP contribution >= 0.6 is 0 Å². The average Bonchev–Trinajstić information content (AvgIpc) is 2.90. The van der Waals surface area contributed by atoms with E-state index in [-0.39, 0.29) is 16.0 Å². The van der Waals surface area contributed by atoms with Crippen LogP contribution in [0.5, 0.6) is 0 Å². The van der Waals surface area contributed by atoms with E-state index in [0.717, 1.165) is 29.6 Å². The number of aryl methyl sites for hydroxylation is 2. The van der Waals surface area contributed by atoms with Crippen molar-refractivity contribution < 1.29 is 14.1 Å². The fourth-order valence-electron chi connectivity index (χ4n) is 2.38. The summed E-state index contributed by atoms with van der Waals surface area (Å²) in [6.45, 7) is 7.03. The second kappa shape index (κ2) is 9.22. The molecule has 2 rings (SSSR count). The molecule has 0 saturated heterocycles. The van der Waals surface area contributed by atoms with Crippen LogP contribution in [0.3, 0.4) is 0 Å². The molecular formula is C18H30FN7O. The van der Waals surface area contributed by atoms with Crippen LogP contribution in [0.2, 0.25) is 0 Å². The van der Waals surface area contributed by atoms with Gasteiger partial charge < -0.3 is 21.1 Å². The van der Waals surface area contributed by atoms with Gasteiger partial charge in [0.15, 0.2) is 0 Å². The van der Waals surface area contributed by atoms with Gasteiger partial charge in [0, 0.05) is 19.2 Å². The zero-order valence-corrected chi connectivity index (χ0v) is 16.6. The number of nitrogens with one attached hydrogen (secondary N) is 4. The summed E-state index contributed by atoms with van der Waals surface area (Å²) in [4.78, 5) is 11.4. The molecule has 0 aliphatic rings. The molecule has 0 spiro atoms. The predicted octanol–water partition coefficient (Wildman–Crippen LogP) is -1.35. The molecular weight excluding hydrogens is 349 g/mol. The van der Waals surface area contributed by atoms with Crippen molar-refractivity contribution in [3.8, 4) is 0 Å². The Kier molecular flexibility index (Phi) is 7.59. The number of imidazole rings is 1. The second-order valence-electron chi connectivity index (χ2n) is 7.26. The van der Waals surface area contributed by atoms with Crippen LogP contribution < -0.4 is 36.5 Å². The minimum atomic E-state index is -0.109. The molecule has 0 unspecified atom stereocenters. The van der Waals surface area contributed by atoms with Crippen molar-refractivity contribution in [2.24, 2.45) is 25.2 Å². The van der Waals surface area contributed by atoms with Crippen molar-refractivity contribution >= 4 is 28.9 Å². The first-order chi connectivity index (χ1) is 12.2. The van der Waals surface area contributed by atoms with E-state index in [2.05, 4.69) is 35.3 Å². The van der Waals surface area contributed by atoms with Crippen LogP contribution in [0.15, 0.2) is 30.6 Å². The molecule has 0 aliphatic heterocycles. The molecule has 0 saturated carbocycles. The highest BCUT2D eigenvalue weighted by Gasteiger charge is 2.17. The number of anilines is 4. The second-order valence-corrected chi connectivity index (χ2v) is 7.26. The van der Waals surface area contributed by atoms with Gasteiger partial charge in [0.25, 0.3) is 0 Å². The van der Waals surface area contributed by atoms with Gasteiger partial charge in [-0.2, -0.15) is 5.43 Å². The summed E-state index contributed by atoms with van der Waals surface area (Å²) in [5.41, 5.74) is 14.7. The number of carbonyl (C=O) groups is 1. The number of amides is 1. The summed E-state index contributed by atoms with van der Waals surface area (Å²) in [6, 6.07) is 5.69. The molecule has 1 heterocycles. The third-order valence-corrected chi connectivity index (χ3v) is 4.14. The normalized spacial score (nSPS) is 10.7. The summed E-state index contributed by atoms with van der Waals surface area (Å²) in [5, 5.41) is 6.24. The first-order valence-electron chi connectivity index (χ1n) is 8.60. The summed E-state index contributed by atoms with van der Waals surface area (Å²) >= 11 is 0. The Morgan fingerprint density at radius 1 is 1.26 bits per heavy atom. The van der Waals surface area contributed by atoms with E-state index in [1.165, 1.54) is 6.92 Å².